The molecule has 0 bridgehead atoms. The largest absolute Gasteiger partial charge is 0.350 e. The Morgan fingerprint density at radius 1 is 0.444 bits per heavy atom. The maximum Gasteiger partial charge on any atom is 0.131 e. The van der Waals surface area contributed by atoms with Crippen molar-refractivity contribution in [3.05, 3.63) is 205 Å². The molecule has 9 aromatic rings. The van der Waals surface area contributed by atoms with Crippen LogP contribution in [-0.2, 0) is 0 Å². The van der Waals surface area contributed by atoms with Crippen LogP contribution in [0.1, 0.15) is 29.0 Å². The molecule has 2 N–H and O–H groups in total. The van der Waals surface area contributed by atoms with E-state index in [0.717, 1.165) is 55.9 Å². The fourth-order valence-corrected chi connectivity index (χ4v) is 7.66. The zero-order valence-electron chi connectivity index (χ0n) is 29.4. The van der Waals surface area contributed by atoms with Gasteiger partial charge in [0.25, 0.3) is 0 Å². The van der Waals surface area contributed by atoms with Crippen molar-refractivity contribution >= 4 is 38.4 Å². The second-order valence-electron chi connectivity index (χ2n) is 13.8. The van der Waals surface area contributed by atoms with Gasteiger partial charge in [-0.1, -0.05) is 146 Å². The van der Waals surface area contributed by atoms with Crippen molar-refractivity contribution in [2.24, 2.45) is 4.99 Å². The molecule has 8 aromatic carbocycles. The van der Waals surface area contributed by atoms with Crippen LogP contribution >= 0.6 is 0 Å². The zero-order valence-corrected chi connectivity index (χ0v) is 29.4. The molecule has 10 rings (SSSR count). The summed E-state index contributed by atoms with van der Waals surface area (Å²) >= 11 is 0. The summed E-state index contributed by atoms with van der Waals surface area (Å²) < 4.78 is 0. The fraction of sp³-hybridized carbons (Fsp3) is 0.0408. The van der Waals surface area contributed by atoms with Crippen LogP contribution in [0.15, 0.2) is 193 Å². The Labute approximate surface area is 313 Å². The van der Waals surface area contributed by atoms with Gasteiger partial charge in [0.1, 0.15) is 18.2 Å². The second-order valence-corrected chi connectivity index (χ2v) is 13.8. The highest BCUT2D eigenvalue weighted by Gasteiger charge is 2.26. The van der Waals surface area contributed by atoms with Crippen LogP contribution in [0.2, 0.25) is 0 Å². The molecule has 2 heterocycles. The minimum atomic E-state index is -0.241. The lowest BCUT2D eigenvalue weighted by Gasteiger charge is -2.32. The number of nitrogens with zero attached hydrogens (tertiary/aromatic N) is 3. The van der Waals surface area contributed by atoms with Crippen LogP contribution in [0.5, 0.6) is 0 Å². The van der Waals surface area contributed by atoms with Crippen LogP contribution in [-0.4, -0.2) is 15.8 Å². The molecule has 0 spiro atoms. The number of hydrogen-bond acceptors (Lipinski definition) is 5. The first-order chi connectivity index (χ1) is 26.7. The first-order valence-corrected chi connectivity index (χ1v) is 18.3. The number of amidine groups is 1. The lowest BCUT2D eigenvalue weighted by molar-refractivity contribution is 0.409. The molecular formula is C49H35N5. The summed E-state index contributed by atoms with van der Waals surface area (Å²) in [7, 11) is 0. The Morgan fingerprint density at radius 3 is 1.74 bits per heavy atom. The normalized spacial score (nSPS) is 15.6. The highest BCUT2D eigenvalue weighted by atomic mass is 15.3. The molecule has 1 aromatic heterocycles. The first-order valence-electron chi connectivity index (χ1n) is 18.3. The fourth-order valence-electron chi connectivity index (χ4n) is 7.66. The van der Waals surface area contributed by atoms with Gasteiger partial charge in [-0.25, -0.2) is 9.98 Å². The van der Waals surface area contributed by atoms with Gasteiger partial charge in [-0.05, 0) is 91.3 Å². The minimum absolute atomic E-state index is 0.147. The van der Waals surface area contributed by atoms with E-state index < -0.39 is 0 Å². The summed E-state index contributed by atoms with van der Waals surface area (Å²) in [5, 5.41) is 12.4. The average molecular weight is 694 g/mol. The molecule has 0 saturated heterocycles. The van der Waals surface area contributed by atoms with Crippen molar-refractivity contribution in [2.75, 3.05) is 0 Å². The maximum absolute atomic E-state index is 5.29. The number of nitrogens with one attached hydrogen (secondary N) is 2. The van der Waals surface area contributed by atoms with E-state index in [9.17, 15) is 0 Å². The zero-order chi connectivity index (χ0) is 35.8. The van der Waals surface area contributed by atoms with Crippen molar-refractivity contribution in [3.63, 3.8) is 0 Å². The van der Waals surface area contributed by atoms with Gasteiger partial charge < -0.3 is 5.32 Å². The summed E-state index contributed by atoms with van der Waals surface area (Å²) in [6.45, 7) is 0. The van der Waals surface area contributed by atoms with E-state index in [1.54, 1.807) is 0 Å². The molecule has 0 fully saturated rings. The first kappa shape index (κ1) is 31.8. The van der Waals surface area contributed by atoms with Crippen molar-refractivity contribution < 1.29 is 0 Å². The van der Waals surface area contributed by atoms with Crippen molar-refractivity contribution in [2.45, 2.75) is 12.3 Å². The minimum Gasteiger partial charge on any atom is -0.350 e. The topological polar surface area (TPSA) is 62.2 Å². The van der Waals surface area contributed by atoms with Gasteiger partial charge in [0.05, 0.1) is 22.9 Å². The summed E-state index contributed by atoms with van der Waals surface area (Å²) in [6.07, 6.45) is 1.48. The molecule has 0 aliphatic carbocycles. The van der Waals surface area contributed by atoms with Crippen LogP contribution in [0.25, 0.3) is 66.1 Å². The van der Waals surface area contributed by atoms with Crippen LogP contribution in [0.4, 0.5) is 0 Å². The summed E-state index contributed by atoms with van der Waals surface area (Å²) in [4.78, 5) is 15.1. The third-order valence-corrected chi connectivity index (χ3v) is 10.3. The molecule has 5 nitrogen and oxygen atoms in total. The number of para-hydroxylation sites is 2. The van der Waals surface area contributed by atoms with Crippen LogP contribution < -0.4 is 10.6 Å². The van der Waals surface area contributed by atoms with E-state index in [0.29, 0.717) is 0 Å². The Hall–Kier alpha value is -6.95. The molecule has 0 saturated carbocycles. The molecule has 5 heteroatoms. The molecule has 1 aliphatic heterocycles. The van der Waals surface area contributed by atoms with E-state index in [2.05, 4.69) is 156 Å². The number of aliphatic imine (C=N–C) groups is 1. The number of hydrogen-bond donors (Lipinski definition) is 2. The SMILES string of the molecule is c1ccc(C2N=C(c3cc(-c4ccc(-c5c6ccccc6cc6ccccc56)cc4)cc(-c4cnc5ccccc5n4)c3)NC(c3ccccc3)N2)cc1. The van der Waals surface area contributed by atoms with Gasteiger partial charge in [-0.15, -0.1) is 0 Å². The predicted molar refractivity (Wildman–Crippen MR) is 222 cm³/mol. The maximum atomic E-state index is 5.29. The van der Waals surface area contributed by atoms with Crippen molar-refractivity contribution in [1.82, 2.24) is 20.6 Å². The number of fused-ring (bicyclic) bond motifs is 3. The van der Waals surface area contributed by atoms with E-state index in [1.165, 1.54) is 32.7 Å². The predicted octanol–water partition coefficient (Wildman–Crippen LogP) is 11.3. The van der Waals surface area contributed by atoms with Gasteiger partial charge in [0.15, 0.2) is 0 Å². The molecule has 1 aliphatic rings. The number of aromatic nitrogens is 2. The summed E-state index contributed by atoms with van der Waals surface area (Å²) in [5.74, 6) is 0.812. The molecule has 2 atom stereocenters. The van der Waals surface area contributed by atoms with Gasteiger partial charge in [-0.3, -0.25) is 10.3 Å². The molecule has 256 valence electrons. The van der Waals surface area contributed by atoms with Crippen molar-refractivity contribution in [3.8, 4) is 33.5 Å². The van der Waals surface area contributed by atoms with E-state index in [1.807, 2.05) is 42.6 Å². The van der Waals surface area contributed by atoms with Crippen LogP contribution in [0, 0.1) is 0 Å². The van der Waals surface area contributed by atoms with Gasteiger partial charge >= 0.3 is 0 Å². The van der Waals surface area contributed by atoms with E-state index in [4.69, 9.17) is 15.0 Å². The number of benzene rings is 8. The Kier molecular flexibility index (Phi) is 7.97. The standard InChI is InChI=1S/C49H35N5/c1-3-13-34(14-4-1)47-52-48(35-15-5-2-6-16-35)54-49(53-47)40-29-38(28-39(30-40)45-31-50-43-21-11-12-22-44(43)51-45)32-23-25-33(26-24-32)46-41-19-9-7-17-36(41)27-37-18-8-10-20-42(37)46/h1-31,47-48,52H,(H,53,54). The molecule has 0 radical (unpaired) electrons. The van der Waals surface area contributed by atoms with E-state index in [-0.39, 0.29) is 12.3 Å². The summed E-state index contributed by atoms with van der Waals surface area (Å²) in [5.41, 5.74) is 11.3. The smallest absolute Gasteiger partial charge is 0.131 e. The van der Waals surface area contributed by atoms with Crippen molar-refractivity contribution in [1.29, 1.82) is 0 Å². The third-order valence-electron chi connectivity index (χ3n) is 10.3. The lowest BCUT2D eigenvalue weighted by Crippen LogP contribution is -2.44. The lowest BCUT2D eigenvalue weighted by atomic mass is 9.90. The summed E-state index contributed by atoms with van der Waals surface area (Å²) in [6, 6.07) is 64.1. The molecule has 2 unspecified atom stereocenters. The second kappa shape index (κ2) is 13.6. The van der Waals surface area contributed by atoms with E-state index >= 15 is 0 Å². The van der Waals surface area contributed by atoms with Gasteiger partial charge in [0, 0.05) is 11.1 Å². The third kappa shape index (κ3) is 5.97. The monoisotopic (exact) mass is 693 g/mol. The Bertz CT molecular complexity index is 2780. The molecular weight excluding hydrogens is 659 g/mol. The highest BCUT2D eigenvalue weighted by molar-refractivity contribution is 6.12. The van der Waals surface area contributed by atoms with Gasteiger partial charge in [-0.2, -0.15) is 0 Å². The Balaban J connectivity index is 1.12. The average Bonchev–Trinajstić information content (AvgIpc) is 3.25. The van der Waals surface area contributed by atoms with Crippen LogP contribution in [0.3, 0.4) is 0 Å². The molecule has 0 amide bonds. The van der Waals surface area contributed by atoms with Gasteiger partial charge in [0.2, 0.25) is 0 Å². The quantitative estimate of drug-likeness (QED) is 0.170. The molecule has 54 heavy (non-hydrogen) atoms. The Morgan fingerprint density at radius 2 is 1.02 bits per heavy atom. The number of rotatable bonds is 6. The highest BCUT2D eigenvalue weighted by Crippen LogP contribution is 2.38.